The van der Waals surface area contributed by atoms with Gasteiger partial charge in [0.25, 0.3) is 0 Å². The summed E-state index contributed by atoms with van der Waals surface area (Å²) in [4.78, 5) is 11.1. The summed E-state index contributed by atoms with van der Waals surface area (Å²) >= 11 is 0. The van der Waals surface area contributed by atoms with Gasteiger partial charge in [-0.3, -0.25) is 4.79 Å². The summed E-state index contributed by atoms with van der Waals surface area (Å²) in [7, 11) is 3.25. The van der Waals surface area contributed by atoms with Crippen LogP contribution in [0, 0.1) is 0 Å². The second-order valence-corrected chi connectivity index (χ2v) is 4.84. The van der Waals surface area contributed by atoms with E-state index in [2.05, 4.69) is 6.92 Å². The molecule has 2 rings (SSSR count). The lowest BCUT2D eigenvalue weighted by Gasteiger charge is -2.13. The Labute approximate surface area is 107 Å². The van der Waals surface area contributed by atoms with E-state index < -0.39 is 0 Å². The highest BCUT2D eigenvalue weighted by Gasteiger charge is 2.30. The van der Waals surface area contributed by atoms with Crippen LogP contribution in [0.25, 0.3) is 0 Å². The minimum absolute atomic E-state index is 0.201. The summed E-state index contributed by atoms with van der Waals surface area (Å²) < 4.78 is 10.6. The minimum Gasteiger partial charge on any atom is -0.493 e. The Kier molecular flexibility index (Phi) is 3.45. The molecule has 4 nitrogen and oxygen atoms in total. The van der Waals surface area contributed by atoms with Crippen molar-refractivity contribution in [2.75, 3.05) is 14.2 Å². The molecule has 0 aromatic heterocycles. The Hall–Kier alpha value is -1.71. The van der Waals surface area contributed by atoms with Crippen molar-refractivity contribution in [3.05, 3.63) is 23.3 Å². The number of ether oxygens (including phenoxy) is 2. The first kappa shape index (κ1) is 12.7. The first-order chi connectivity index (χ1) is 8.56. The number of carbonyl (C=O) groups excluding carboxylic acids is 1. The van der Waals surface area contributed by atoms with Crippen LogP contribution in [0.5, 0.6) is 11.5 Å². The lowest BCUT2D eigenvalue weighted by atomic mass is 9.97. The highest BCUT2D eigenvalue weighted by atomic mass is 16.5. The average molecular weight is 249 g/mol. The molecule has 0 saturated heterocycles. The molecule has 0 aliphatic heterocycles. The number of carbonyl (C=O) groups is 1. The lowest BCUT2D eigenvalue weighted by molar-refractivity contribution is -0.118. The van der Waals surface area contributed by atoms with E-state index in [4.69, 9.17) is 15.2 Å². The van der Waals surface area contributed by atoms with E-state index in [1.165, 1.54) is 11.1 Å². The van der Waals surface area contributed by atoms with E-state index in [0.29, 0.717) is 18.1 Å². The Morgan fingerprint density at radius 2 is 1.83 bits per heavy atom. The minimum atomic E-state index is -0.255. The van der Waals surface area contributed by atoms with Gasteiger partial charge in [0.05, 0.1) is 14.2 Å². The lowest BCUT2D eigenvalue weighted by Crippen LogP contribution is -2.14. The number of hydrogen-bond donors (Lipinski definition) is 1. The maximum atomic E-state index is 11.1. The number of amides is 1. The summed E-state index contributed by atoms with van der Waals surface area (Å²) in [6.07, 6.45) is 1.35. The average Bonchev–Trinajstić information content (AvgIpc) is 2.63. The topological polar surface area (TPSA) is 61.6 Å². The normalized spacial score (nSPS) is 21.5. The monoisotopic (exact) mass is 249 g/mol. The molecule has 0 bridgehead atoms. The predicted octanol–water partition coefficient (Wildman–Crippen LogP) is 2.17. The van der Waals surface area contributed by atoms with Crippen LogP contribution in [0.4, 0.5) is 0 Å². The summed E-state index contributed by atoms with van der Waals surface area (Å²) in [6.45, 7) is 2.16. The van der Waals surface area contributed by atoms with Crippen LogP contribution in [0.1, 0.15) is 42.7 Å². The van der Waals surface area contributed by atoms with Gasteiger partial charge in [0.2, 0.25) is 5.91 Å². The van der Waals surface area contributed by atoms with Gasteiger partial charge in [0, 0.05) is 6.42 Å². The molecule has 1 aromatic rings. The van der Waals surface area contributed by atoms with Gasteiger partial charge in [-0.1, -0.05) is 6.92 Å². The van der Waals surface area contributed by atoms with Crippen LogP contribution in [-0.2, 0) is 4.79 Å². The van der Waals surface area contributed by atoms with E-state index >= 15 is 0 Å². The molecule has 18 heavy (non-hydrogen) atoms. The standard InChI is InChI=1S/C14H19NO3/c1-8-4-9(5-14(15)16)11-7-13(18-3)12(17-2)6-10(8)11/h6-9H,4-5H2,1-3H3,(H2,15,16). The molecule has 2 unspecified atom stereocenters. The van der Waals surface area contributed by atoms with Crippen molar-refractivity contribution in [1.29, 1.82) is 0 Å². The van der Waals surface area contributed by atoms with Gasteiger partial charge >= 0.3 is 0 Å². The maximum Gasteiger partial charge on any atom is 0.218 e. The number of rotatable bonds is 4. The molecule has 1 amide bonds. The first-order valence-electron chi connectivity index (χ1n) is 6.11. The van der Waals surface area contributed by atoms with E-state index in [0.717, 1.165) is 12.2 Å². The number of methoxy groups -OCH3 is 2. The predicted molar refractivity (Wildman–Crippen MR) is 69.1 cm³/mol. The molecule has 0 fully saturated rings. The molecule has 0 heterocycles. The van der Waals surface area contributed by atoms with Crippen molar-refractivity contribution >= 4 is 5.91 Å². The summed E-state index contributed by atoms with van der Waals surface area (Å²) in [5.74, 6) is 1.81. The molecule has 0 saturated carbocycles. The zero-order chi connectivity index (χ0) is 13.3. The first-order valence-corrected chi connectivity index (χ1v) is 6.11. The third-order valence-corrected chi connectivity index (χ3v) is 3.65. The fraction of sp³-hybridized carbons (Fsp3) is 0.500. The molecule has 98 valence electrons. The zero-order valence-corrected chi connectivity index (χ0v) is 11.0. The van der Waals surface area contributed by atoms with Crippen molar-refractivity contribution < 1.29 is 14.3 Å². The Balaban J connectivity index is 2.43. The van der Waals surface area contributed by atoms with E-state index in [9.17, 15) is 4.79 Å². The largest absolute Gasteiger partial charge is 0.493 e. The molecule has 0 spiro atoms. The van der Waals surface area contributed by atoms with Crippen LogP contribution >= 0.6 is 0 Å². The highest BCUT2D eigenvalue weighted by Crippen LogP contribution is 2.47. The van der Waals surface area contributed by atoms with Gasteiger partial charge in [0.15, 0.2) is 11.5 Å². The molecular formula is C14H19NO3. The van der Waals surface area contributed by atoms with Gasteiger partial charge < -0.3 is 15.2 Å². The molecule has 4 heteroatoms. The molecule has 0 radical (unpaired) electrons. The smallest absolute Gasteiger partial charge is 0.218 e. The Morgan fingerprint density at radius 1 is 1.28 bits per heavy atom. The number of fused-ring (bicyclic) bond motifs is 1. The number of benzene rings is 1. The van der Waals surface area contributed by atoms with E-state index in [-0.39, 0.29) is 11.8 Å². The van der Waals surface area contributed by atoms with Crippen molar-refractivity contribution in [1.82, 2.24) is 0 Å². The Morgan fingerprint density at radius 3 is 2.33 bits per heavy atom. The van der Waals surface area contributed by atoms with Crippen LogP contribution in [-0.4, -0.2) is 20.1 Å². The van der Waals surface area contributed by atoms with Gasteiger partial charge in [-0.25, -0.2) is 0 Å². The SMILES string of the molecule is COc1cc2c(cc1OC)C(CC(N)=O)CC2C. The summed E-state index contributed by atoms with van der Waals surface area (Å²) in [5, 5.41) is 0. The fourth-order valence-corrected chi connectivity index (χ4v) is 2.81. The third-order valence-electron chi connectivity index (χ3n) is 3.65. The second-order valence-electron chi connectivity index (χ2n) is 4.84. The van der Waals surface area contributed by atoms with E-state index in [1.54, 1.807) is 14.2 Å². The van der Waals surface area contributed by atoms with Gasteiger partial charge in [0.1, 0.15) is 0 Å². The van der Waals surface area contributed by atoms with Crippen molar-refractivity contribution in [2.45, 2.75) is 31.6 Å². The zero-order valence-electron chi connectivity index (χ0n) is 11.0. The van der Waals surface area contributed by atoms with Gasteiger partial charge in [-0.15, -0.1) is 0 Å². The quantitative estimate of drug-likeness (QED) is 0.889. The van der Waals surface area contributed by atoms with Gasteiger partial charge in [-0.2, -0.15) is 0 Å². The molecule has 1 aliphatic carbocycles. The summed E-state index contributed by atoms with van der Waals surface area (Å²) in [6, 6.07) is 3.99. The fourth-order valence-electron chi connectivity index (χ4n) is 2.81. The van der Waals surface area contributed by atoms with Crippen LogP contribution in [0.3, 0.4) is 0 Å². The third kappa shape index (κ3) is 2.15. The van der Waals surface area contributed by atoms with Gasteiger partial charge in [-0.05, 0) is 41.5 Å². The van der Waals surface area contributed by atoms with Crippen molar-refractivity contribution in [3.63, 3.8) is 0 Å². The number of hydrogen-bond acceptors (Lipinski definition) is 3. The molecule has 1 aliphatic rings. The molecule has 2 atom stereocenters. The number of primary amides is 1. The molecule has 1 aromatic carbocycles. The van der Waals surface area contributed by atoms with Crippen molar-refractivity contribution in [2.24, 2.45) is 5.73 Å². The molecular weight excluding hydrogens is 230 g/mol. The number of nitrogens with two attached hydrogens (primary N) is 1. The van der Waals surface area contributed by atoms with Crippen molar-refractivity contribution in [3.8, 4) is 11.5 Å². The van der Waals surface area contributed by atoms with Crippen LogP contribution in [0.2, 0.25) is 0 Å². The van der Waals surface area contributed by atoms with E-state index in [1.807, 2.05) is 12.1 Å². The highest BCUT2D eigenvalue weighted by molar-refractivity contribution is 5.75. The van der Waals surface area contributed by atoms with Crippen LogP contribution < -0.4 is 15.2 Å². The molecule has 2 N–H and O–H groups in total. The Bertz CT molecular complexity index is 470. The summed E-state index contributed by atoms with van der Waals surface area (Å²) in [5.41, 5.74) is 7.71. The maximum absolute atomic E-state index is 11.1. The van der Waals surface area contributed by atoms with Crippen LogP contribution in [0.15, 0.2) is 12.1 Å². The second kappa shape index (κ2) is 4.88.